The first-order valence-corrected chi connectivity index (χ1v) is 19.9. The van der Waals surface area contributed by atoms with Crippen molar-refractivity contribution >= 4 is 61.9 Å². The van der Waals surface area contributed by atoms with E-state index in [1.165, 1.54) is 21.8 Å². The van der Waals surface area contributed by atoms with Crippen LogP contribution in [0.1, 0.15) is 0 Å². The molecule has 12 rings (SSSR count). The van der Waals surface area contributed by atoms with Crippen LogP contribution in [0.4, 0.5) is 0 Å². The Balaban J connectivity index is 0.918. The molecule has 0 atom stereocenters. The third-order valence-electron chi connectivity index (χ3n) is 11.8. The second-order valence-corrected chi connectivity index (χ2v) is 15.3. The van der Waals surface area contributed by atoms with E-state index in [9.17, 15) is 5.11 Å². The fourth-order valence-electron chi connectivity index (χ4n) is 8.93. The van der Waals surface area contributed by atoms with Crippen molar-refractivity contribution in [1.29, 1.82) is 0 Å². The van der Waals surface area contributed by atoms with Crippen LogP contribution in [-0.4, -0.2) is 17.0 Å². The van der Waals surface area contributed by atoms with Gasteiger partial charge < -0.3 is 18.8 Å². The fourth-order valence-corrected chi connectivity index (χ4v) is 8.93. The molecule has 0 amide bonds. The van der Waals surface area contributed by atoms with Gasteiger partial charge in [0.15, 0.2) is 0 Å². The standard InChI is InChI=1S/C54H33BNO3/c57-49-18-7-3-14-42(49)45-30-38(35-11-9-10-34(28-35)36-23-27-51-44(29-36)43-15-4-8-19-50(43)58-51)32-53-54(45)55-46-26-22-37(31-52(46)59-53)33-20-24-39(25-21-33)56-47-16-5-1-12-40(47)41-13-2-6-17-48(41)56/h1-32,57H. The monoisotopic (exact) mass is 754 g/mol. The third-order valence-corrected chi connectivity index (χ3v) is 11.8. The Labute approximate surface area is 341 Å². The van der Waals surface area contributed by atoms with Crippen LogP contribution in [0.5, 0.6) is 17.2 Å². The summed E-state index contributed by atoms with van der Waals surface area (Å²) in [5.41, 5.74) is 15.3. The largest absolute Gasteiger partial charge is 0.507 e. The maximum Gasteiger partial charge on any atom is 0.202 e. The highest BCUT2D eigenvalue weighted by atomic mass is 16.5. The van der Waals surface area contributed by atoms with Crippen molar-refractivity contribution < 1.29 is 14.3 Å². The highest BCUT2D eigenvalue weighted by molar-refractivity contribution is 6.71. The second kappa shape index (κ2) is 13.2. The predicted octanol–water partition coefficient (Wildman–Crippen LogP) is 12.8. The first kappa shape index (κ1) is 33.4. The van der Waals surface area contributed by atoms with Gasteiger partial charge in [-0.15, -0.1) is 0 Å². The maximum atomic E-state index is 11.1. The molecule has 0 saturated heterocycles. The summed E-state index contributed by atoms with van der Waals surface area (Å²) in [6, 6.07) is 67.3. The summed E-state index contributed by atoms with van der Waals surface area (Å²) < 4.78 is 15.3. The number of nitrogens with zero attached hydrogens (tertiary/aromatic N) is 1. The summed E-state index contributed by atoms with van der Waals surface area (Å²) in [7, 11) is 2.18. The number of phenolic OH excluding ortho intramolecular Hbond substituents is 1. The van der Waals surface area contributed by atoms with Gasteiger partial charge in [0.2, 0.25) is 7.28 Å². The number of hydrogen-bond acceptors (Lipinski definition) is 3. The lowest BCUT2D eigenvalue weighted by atomic mass is 9.59. The van der Waals surface area contributed by atoms with Crippen molar-refractivity contribution in [1.82, 2.24) is 4.57 Å². The van der Waals surface area contributed by atoms with Crippen LogP contribution in [-0.2, 0) is 0 Å². The number of para-hydroxylation sites is 4. The number of rotatable bonds is 5. The van der Waals surface area contributed by atoms with Crippen LogP contribution >= 0.6 is 0 Å². The molecule has 1 aliphatic rings. The van der Waals surface area contributed by atoms with Crippen molar-refractivity contribution in [3.63, 3.8) is 0 Å². The molecule has 2 aromatic heterocycles. The third kappa shape index (κ3) is 5.47. The molecule has 1 aliphatic heterocycles. The molecule has 3 heterocycles. The average molecular weight is 755 g/mol. The fraction of sp³-hybridized carbons (Fsp3) is 0. The zero-order valence-corrected chi connectivity index (χ0v) is 31.8. The normalized spacial score (nSPS) is 12.1. The van der Waals surface area contributed by atoms with Gasteiger partial charge in [-0.1, -0.05) is 121 Å². The van der Waals surface area contributed by atoms with E-state index >= 15 is 0 Å². The Morgan fingerprint density at radius 3 is 1.81 bits per heavy atom. The molecule has 0 spiro atoms. The highest BCUT2D eigenvalue weighted by Crippen LogP contribution is 2.40. The number of furan rings is 1. The lowest BCUT2D eigenvalue weighted by Gasteiger charge is -2.25. The Kier molecular flexibility index (Phi) is 7.44. The van der Waals surface area contributed by atoms with Gasteiger partial charge in [-0.2, -0.15) is 0 Å². The summed E-state index contributed by atoms with van der Waals surface area (Å²) in [4.78, 5) is 0. The molecule has 0 aliphatic carbocycles. The number of fused-ring (bicyclic) bond motifs is 8. The summed E-state index contributed by atoms with van der Waals surface area (Å²) in [6.45, 7) is 0. The number of aromatic nitrogens is 1. The second-order valence-electron chi connectivity index (χ2n) is 15.3. The number of ether oxygens (including phenoxy) is 1. The lowest BCUT2D eigenvalue weighted by molar-refractivity contribution is 0.477. The molecular weight excluding hydrogens is 721 g/mol. The Morgan fingerprint density at radius 2 is 1.02 bits per heavy atom. The van der Waals surface area contributed by atoms with E-state index in [0.29, 0.717) is 0 Å². The van der Waals surface area contributed by atoms with Gasteiger partial charge in [0.1, 0.15) is 28.4 Å². The van der Waals surface area contributed by atoms with E-state index in [0.717, 1.165) is 94.6 Å². The van der Waals surface area contributed by atoms with Crippen LogP contribution in [0.25, 0.3) is 93.9 Å². The minimum Gasteiger partial charge on any atom is -0.507 e. The van der Waals surface area contributed by atoms with Gasteiger partial charge >= 0.3 is 0 Å². The lowest BCUT2D eigenvalue weighted by Crippen LogP contribution is -2.35. The number of phenols is 1. The van der Waals surface area contributed by atoms with E-state index in [1.54, 1.807) is 6.07 Å². The van der Waals surface area contributed by atoms with Crippen LogP contribution < -0.4 is 15.7 Å². The average Bonchev–Trinajstić information content (AvgIpc) is 3.84. The predicted molar refractivity (Wildman–Crippen MR) is 243 cm³/mol. The molecule has 5 heteroatoms. The van der Waals surface area contributed by atoms with Crippen molar-refractivity contribution in [2.24, 2.45) is 0 Å². The van der Waals surface area contributed by atoms with Gasteiger partial charge in [0.25, 0.3) is 0 Å². The van der Waals surface area contributed by atoms with E-state index < -0.39 is 0 Å². The quantitative estimate of drug-likeness (QED) is 0.178. The van der Waals surface area contributed by atoms with E-state index in [4.69, 9.17) is 9.15 Å². The van der Waals surface area contributed by atoms with Crippen molar-refractivity contribution in [2.75, 3.05) is 0 Å². The van der Waals surface area contributed by atoms with Crippen LogP contribution in [0.15, 0.2) is 199 Å². The highest BCUT2D eigenvalue weighted by Gasteiger charge is 2.25. The van der Waals surface area contributed by atoms with Crippen molar-refractivity contribution in [2.45, 2.75) is 0 Å². The molecule has 1 N–H and O–H groups in total. The number of aromatic hydroxyl groups is 1. The van der Waals surface area contributed by atoms with E-state index in [2.05, 4.69) is 164 Å². The van der Waals surface area contributed by atoms with Crippen molar-refractivity contribution in [3.8, 4) is 67.4 Å². The first-order valence-electron chi connectivity index (χ1n) is 19.9. The van der Waals surface area contributed by atoms with Gasteiger partial charge in [-0.05, 0) is 123 Å². The first-order chi connectivity index (χ1) is 29.1. The molecule has 275 valence electrons. The molecule has 1 radical (unpaired) electrons. The van der Waals surface area contributed by atoms with Crippen LogP contribution in [0.3, 0.4) is 0 Å². The Morgan fingerprint density at radius 1 is 0.407 bits per heavy atom. The molecule has 59 heavy (non-hydrogen) atoms. The van der Waals surface area contributed by atoms with E-state index in [1.807, 2.05) is 36.4 Å². The smallest absolute Gasteiger partial charge is 0.202 e. The van der Waals surface area contributed by atoms with Crippen LogP contribution in [0.2, 0.25) is 0 Å². The molecule has 0 bridgehead atoms. The minimum atomic E-state index is 0.222. The summed E-state index contributed by atoms with van der Waals surface area (Å²) in [5, 5.41) is 15.8. The Bertz CT molecular complexity index is 3410. The molecule has 11 aromatic rings. The molecule has 4 nitrogen and oxygen atoms in total. The van der Waals surface area contributed by atoms with Crippen molar-refractivity contribution in [3.05, 3.63) is 194 Å². The summed E-state index contributed by atoms with van der Waals surface area (Å²) in [5.74, 6) is 1.75. The SMILES string of the molecule is Oc1ccccc1-c1cc(-c2cccc(-c3ccc4oc5ccccc5c4c3)c2)cc2c1[B]c1ccc(-c3ccc(-n4c5ccccc5c5ccccc54)cc3)cc1O2. The number of hydrogen-bond donors (Lipinski definition) is 1. The minimum absolute atomic E-state index is 0.222. The summed E-state index contributed by atoms with van der Waals surface area (Å²) in [6.07, 6.45) is 0. The van der Waals surface area contributed by atoms with Gasteiger partial charge in [0.05, 0.1) is 11.0 Å². The molecule has 0 saturated carbocycles. The zero-order valence-electron chi connectivity index (χ0n) is 31.8. The zero-order chi connectivity index (χ0) is 39.0. The molecular formula is C54H33BNO3. The molecule has 9 aromatic carbocycles. The molecule has 0 unspecified atom stereocenters. The maximum absolute atomic E-state index is 11.1. The number of benzene rings is 9. The van der Waals surface area contributed by atoms with E-state index in [-0.39, 0.29) is 5.75 Å². The van der Waals surface area contributed by atoms with Gasteiger partial charge in [-0.25, -0.2) is 0 Å². The Hall–Kier alpha value is -7.76. The topological polar surface area (TPSA) is 47.5 Å². The van der Waals surface area contributed by atoms with Gasteiger partial charge in [-0.3, -0.25) is 0 Å². The van der Waals surface area contributed by atoms with Gasteiger partial charge in [0, 0.05) is 32.8 Å². The molecule has 0 fully saturated rings. The summed E-state index contributed by atoms with van der Waals surface area (Å²) >= 11 is 0. The van der Waals surface area contributed by atoms with Crippen LogP contribution in [0, 0.1) is 0 Å².